The summed E-state index contributed by atoms with van der Waals surface area (Å²) in [5.74, 6) is 0.330. The largest absolute Gasteiger partial charge is 0.348 e. The Balaban J connectivity index is 1.68. The minimum Gasteiger partial charge on any atom is -0.348 e. The second kappa shape index (κ2) is 5.59. The lowest BCUT2D eigenvalue weighted by Crippen LogP contribution is -2.26. The maximum absolute atomic E-state index is 11.8. The zero-order valence-corrected chi connectivity index (χ0v) is 11.2. The predicted octanol–water partition coefficient (Wildman–Crippen LogP) is 1.98. The van der Waals surface area contributed by atoms with Crippen LogP contribution in [0.3, 0.4) is 0 Å². The number of benzene rings is 1. The van der Waals surface area contributed by atoms with Crippen LogP contribution in [-0.4, -0.2) is 22.1 Å². The Morgan fingerprint density at radius 1 is 1.24 bits per heavy atom. The third-order valence-electron chi connectivity index (χ3n) is 3.07. The van der Waals surface area contributed by atoms with Crippen LogP contribution in [0.25, 0.3) is 0 Å². The van der Waals surface area contributed by atoms with E-state index in [1.54, 1.807) is 30.3 Å². The van der Waals surface area contributed by atoms with Gasteiger partial charge in [-0.2, -0.15) is 5.26 Å². The van der Waals surface area contributed by atoms with Gasteiger partial charge in [0.25, 0.3) is 5.91 Å². The smallest absolute Gasteiger partial charge is 0.272 e. The molecule has 6 heteroatoms. The monoisotopic (exact) mass is 279 g/mol. The van der Waals surface area contributed by atoms with E-state index in [0.29, 0.717) is 23.1 Å². The van der Waals surface area contributed by atoms with Gasteiger partial charge in [-0.3, -0.25) is 4.79 Å². The lowest BCUT2D eigenvalue weighted by molar-refractivity contribution is 0.0945. The molecular weight excluding hydrogens is 266 g/mol. The third-order valence-corrected chi connectivity index (χ3v) is 3.07. The average molecular weight is 279 g/mol. The first-order chi connectivity index (χ1) is 10.2. The van der Waals surface area contributed by atoms with Gasteiger partial charge in [0.05, 0.1) is 11.6 Å². The number of nitriles is 1. The Morgan fingerprint density at radius 2 is 2.10 bits per heavy atom. The van der Waals surface area contributed by atoms with Crippen LogP contribution in [0.15, 0.2) is 36.4 Å². The Kier molecular flexibility index (Phi) is 3.48. The molecule has 0 bridgehead atoms. The van der Waals surface area contributed by atoms with Crippen LogP contribution in [-0.2, 0) is 0 Å². The first-order valence-corrected chi connectivity index (χ1v) is 6.66. The molecule has 6 nitrogen and oxygen atoms in total. The number of aromatic nitrogens is 2. The first-order valence-electron chi connectivity index (χ1n) is 6.66. The van der Waals surface area contributed by atoms with Gasteiger partial charge < -0.3 is 10.6 Å². The summed E-state index contributed by atoms with van der Waals surface area (Å²) in [5.41, 5.74) is 1.62. The van der Waals surface area contributed by atoms with Gasteiger partial charge in [-0.05, 0) is 43.2 Å². The summed E-state index contributed by atoms with van der Waals surface area (Å²) in [5, 5.41) is 22.6. The van der Waals surface area contributed by atoms with Crippen molar-refractivity contribution in [2.45, 2.75) is 18.9 Å². The van der Waals surface area contributed by atoms with Crippen molar-refractivity contribution in [1.29, 1.82) is 5.26 Å². The zero-order chi connectivity index (χ0) is 14.7. The molecule has 1 amide bonds. The van der Waals surface area contributed by atoms with Crippen molar-refractivity contribution in [3.63, 3.8) is 0 Å². The second-order valence-electron chi connectivity index (χ2n) is 4.87. The topological polar surface area (TPSA) is 90.7 Å². The number of hydrogen-bond donors (Lipinski definition) is 2. The molecule has 0 saturated heterocycles. The fourth-order valence-corrected chi connectivity index (χ4v) is 1.82. The van der Waals surface area contributed by atoms with Gasteiger partial charge in [-0.25, -0.2) is 0 Å². The van der Waals surface area contributed by atoms with Crippen molar-refractivity contribution in [3.05, 3.63) is 47.7 Å². The second-order valence-corrected chi connectivity index (χ2v) is 4.87. The molecular formula is C15H13N5O. The Bertz CT molecular complexity index is 701. The highest BCUT2D eigenvalue weighted by Gasteiger charge is 2.24. The summed E-state index contributed by atoms with van der Waals surface area (Å²) in [6.07, 6.45) is 2.07. The summed E-state index contributed by atoms with van der Waals surface area (Å²) in [6.45, 7) is 0. The summed E-state index contributed by atoms with van der Waals surface area (Å²) < 4.78 is 0. The molecule has 0 spiro atoms. The first kappa shape index (κ1) is 13.1. The molecule has 0 aliphatic heterocycles. The van der Waals surface area contributed by atoms with E-state index in [-0.39, 0.29) is 5.91 Å². The van der Waals surface area contributed by atoms with Crippen molar-refractivity contribution in [2.24, 2.45) is 0 Å². The molecule has 1 aromatic carbocycles. The Morgan fingerprint density at radius 3 is 2.76 bits per heavy atom. The number of hydrogen-bond acceptors (Lipinski definition) is 5. The summed E-state index contributed by atoms with van der Waals surface area (Å²) in [7, 11) is 0. The number of anilines is 2. The van der Waals surface area contributed by atoms with Gasteiger partial charge in [0.15, 0.2) is 11.5 Å². The fraction of sp³-hybridized carbons (Fsp3) is 0.200. The number of nitrogens with zero attached hydrogens (tertiary/aromatic N) is 3. The average Bonchev–Trinajstić information content (AvgIpc) is 3.32. The van der Waals surface area contributed by atoms with Crippen LogP contribution in [0.1, 0.15) is 28.9 Å². The van der Waals surface area contributed by atoms with E-state index in [2.05, 4.69) is 26.9 Å². The van der Waals surface area contributed by atoms with Crippen LogP contribution in [0.2, 0.25) is 0 Å². The van der Waals surface area contributed by atoms with Crippen LogP contribution in [0, 0.1) is 11.3 Å². The number of nitrogens with one attached hydrogen (secondary N) is 2. The van der Waals surface area contributed by atoms with Crippen molar-refractivity contribution in [2.75, 3.05) is 5.32 Å². The van der Waals surface area contributed by atoms with Gasteiger partial charge in [0.1, 0.15) is 0 Å². The highest BCUT2D eigenvalue weighted by molar-refractivity contribution is 5.92. The number of carbonyl (C=O) groups excluding carboxylic acids is 1. The molecule has 1 aromatic heterocycles. The molecule has 1 heterocycles. The molecule has 1 fully saturated rings. The van der Waals surface area contributed by atoms with Gasteiger partial charge >= 0.3 is 0 Å². The molecule has 2 N–H and O–H groups in total. The highest BCUT2D eigenvalue weighted by Crippen LogP contribution is 2.19. The van der Waals surface area contributed by atoms with Gasteiger partial charge in [-0.15, -0.1) is 10.2 Å². The van der Waals surface area contributed by atoms with Crippen molar-refractivity contribution < 1.29 is 4.79 Å². The lowest BCUT2D eigenvalue weighted by Gasteiger charge is -2.06. The molecule has 2 aromatic rings. The fourth-order valence-electron chi connectivity index (χ4n) is 1.82. The van der Waals surface area contributed by atoms with Gasteiger partial charge in [0, 0.05) is 11.7 Å². The number of rotatable bonds is 4. The van der Waals surface area contributed by atoms with E-state index in [1.807, 2.05) is 6.07 Å². The van der Waals surface area contributed by atoms with E-state index < -0.39 is 0 Å². The number of carbonyl (C=O) groups is 1. The Hall–Kier alpha value is -2.94. The summed E-state index contributed by atoms with van der Waals surface area (Å²) in [6, 6.07) is 12.7. The quantitative estimate of drug-likeness (QED) is 0.893. The van der Waals surface area contributed by atoms with Crippen molar-refractivity contribution in [1.82, 2.24) is 15.5 Å². The third kappa shape index (κ3) is 3.34. The van der Waals surface area contributed by atoms with Crippen molar-refractivity contribution in [3.8, 4) is 6.07 Å². The zero-order valence-electron chi connectivity index (χ0n) is 11.2. The van der Waals surface area contributed by atoms with Crippen LogP contribution >= 0.6 is 0 Å². The molecule has 1 saturated carbocycles. The summed E-state index contributed by atoms with van der Waals surface area (Å²) in [4.78, 5) is 11.8. The Labute approximate surface area is 121 Å². The SMILES string of the molecule is N#Cc1cccc(Nc2ccc(C(=O)NC3CC3)nn2)c1. The molecule has 1 aliphatic carbocycles. The van der Waals surface area contributed by atoms with E-state index in [0.717, 1.165) is 18.5 Å². The van der Waals surface area contributed by atoms with Crippen LogP contribution in [0.5, 0.6) is 0 Å². The minimum atomic E-state index is -0.192. The molecule has 0 atom stereocenters. The van der Waals surface area contributed by atoms with Gasteiger partial charge in [0.2, 0.25) is 0 Å². The molecule has 1 aliphatic rings. The maximum atomic E-state index is 11.8. The van der Waals surface area contributed by atoms with Crippen LogP contribution < -0.4 is 10.6 Å². The maximum Gasteiger partial charge on any atom is 0.272 e. The van der Waals surface area contributed by atoms with Gasteiger partial charge in [-0.1, -0.05) is 6.07 Å². The molecule has 0 unspecified atom stereocenters. The molecule has 21 heavy (non-hydrogen) atoms. The highest BCUT2D eigenvalue weighted by atomic mass is 16.2. The molecule has 0 radical (unpaired) electrons. The summed E-state index contributed by atoms with van der Waals surface area (Å²) >= 11 is 0. The standard InChI is InChI=1S/C15H13N5O/c16-9-10-2-1-3-12(8-10)17-14-7-6-13(19-20-14)15(21)18-11-4-5-11/h1-3,6-8,11H,4-5H2,(H,17,20)(H,18,21). The molecule has 104 valence electrons. The molecule has 3 rings (SSSR count). The lowest BCUT2D eigenvalue weighted by atomic mass is 10.2. The normalized spacial score (nSPS) is 13.3. The van der Waals surface area contributed by atoms with Crippen LogP contribution in [0.4, 0.5) is 11.5 Å². The van der Waals surface area contributed by atoms with Crippen molar-refractivity contribution >= 4 is 17.4 Å². The van der Waals surface area contributed by atoms with E-state index in [4.69, 9.17) is 5.26 Å². The van der Waals surface area contributed by atoms with E-state index in [1.165, 1.54) is 0 Å². The van der Waals surface area contributed by atoms with E-state index >= 15 is 0 Å². The van der Waals surface area contributed by atoms with E-state index in [9.17, 15) is 4.79 Å². The predicted molar refractivity (Wildman–Crippen MR) is 77.0 cm³/mol. The minimum absolute atomic E-state index is 0.192. The number of amides is 1.